The molecule has 9 nitrogen and oxygen atoms in total. The molecule has 82 valence electrons. The van der Waals surface area contributed by atoms with Crippen LogP contribution in [-0.4, -0.2) is 20.2 Å². The monoisotopic (exact) mass is 244 g/mol. The Kier molecular flexibility index (Phi) is 2.16. The lowest BCUT2D eigenvalue weighted by atomic mass is 10.2. The Morgan fingerprint density at radius 3 is 2.44 bits per heavy atom. The summed E-state index contributed by atoms with van der Waals surface area (Å²) in [4.78, 5) is 19.5. The topological polar surface area (TPSA) is 125 Å². The van der Waals surface area contributed by atoms with E-state index in [2.05, 4.69) is 14.9 Å². The molecule has 1 aromatic carbocycles. The molecule has 1 aromatic heterocycles. The van der Waals surface area contributed by atoms with E-state index in [0.717, 1.165) is 6.07 Å². The van der Waals surface area contributed by atoms with Gasteiger partial charge in [0.15, 0.2) is 5.58 Å². The number of nitro benzene ring substituents is 2. The van der Waals surface area contributed by atoms with E-state index in [0.29, 0.717) is 0 Å². The van der Waals surface area contributed by atoms with Gasteiger partial charge in [0.1, 0.15) is 5.02 Å². The first-order valence-electron chi connectivity index (χ1n) is 3.75. The normalized spacial score (nSPS) is 10.6. The average Bonchev–Trinajstić information content (AvgIpc) is 2.61. The van der Waals surface area contributed by atoms with Crippen LogP contribution in [0.5, 0.6) is 0 Å². The van der Waals surface area contributed by atoms with Crippen molar-refractivity contribution < 1.29 is 14.4 Å². The first-order valence-corrected chi connectivity index (χ1v) is 4.13. The summed E-state index contributed by atoms with van der Waals surface area (Å²) in [6.45, 7) is 0. The van der Waals surface area contributed by atoms with Crippen LogP contribution in [-0.2, 0) is 0 Å². The van der Waals surface area contributed by atoms with Crippen LogP contribution >= 0.6 is 11.6 Å². The fourth-order valence-electron chi connectivity index (χ4n) is 1.21. The SMILES string of the molecule is O=[N+]([O-])c1c(Cl)cc2onnc2c1[N+](=O)[O-]. The van der Waals surface area contributed by atoms with Crippen LogP contribution in [0.1, 0.15) is 0 Å². The second kappa shape index (κ2) is 3.38. The van der Waals surface area contributed by atoms with E-state index in [1.807, 2.05) is 0 Å². The predicted molar refractivity (Wildman–Crippen MR) is 50.1 cm³/mol. The van der Waals surface area contributed by atoms with Gasteiger partial charge in [-0.05, 0) is 0 Å². The Balaban J connectivity index is 2.96. The molecule has 0 fully saturated rings. The summed E-state index contributed by atoms with van der Waals surface area (Å²) in [6.07, 6.45) is 0. The van der Waals surface area contributed by atoms with Gasteiger partial charge in [-0.25, -0.2) is 0 Å². The average molecular weight is 245 g/mol. The molecule has 16 heavy (non-hydrogen) atoms. The van der Waals surface area contributed by atoms with Crippen LogP contribution < -0.4 is 0 Å². The number of fused-ring (bicyclic) bond motifs is 1. The van der Waals surface area contributed by atoms with Gasteiger partial charge in [-0.3, -0.25) is 20.2 Å². The lowest BCUT2D eigenvalue weighted by molar-refractivity contribution is -0.421. The Morgan fingerprint density at radius 1 is 1.25 bits per heavy atom. The lowest BCUT2D eigenvalue weighted by Crippen LogP contribution is -1.98. The van der Waals surface area contributed by atoms with Crippen molar-refractivity contribution in [2.45, 2.75) is 0 Å². The van der Waals surface area contributed by atoms with E-state index < -0.39 is 26.2 Å². The molecule has 0 unspecified atom stereocenters. The number of aromatic nitrogens is 2. The third-order valence-corrected chi connectivity index (χ3v) is 2.10. The molecule has 2 aromatic rings. The minimum Gasteiger partial charge on any atom is -0.337 e. The summed E-state index contributed by atoms with van der Waals surface area (Å²) in [5.41, 5.74) is -2.04. The van der Waals surface area contributed by atoms with Gasteiger partial charge in [-0.15, -0.1) is 5.10 Å². The van der Waals surface area contributed by atoms with Crippen LogP contribution in [0.2, 0.25) is 5.02 Å². The van der Waals surface area contributed by atoms with Gasteiger partial charge in [-0.1, -0.05) is 11.6 Å². The summed E-state index contributed by atoms with van der Waals surface area (Å²) in [6, 6.07) is 1.06. The molecule has 0 spiro atoms. The predicted octanol–water partition coefficient (Wildman–Crippen LogP) is 1.69. The molecule has 0 amide bonds. The quantitative estimate of drug-likeness (QED) is 0.581. The van der Waals surface area contributed by atoms with E-state index in [4.69, 9.17) is 11.6 Å². The molecule has 0 saturated carbocycles. The smallest absolute Gasteiger partial charge is 0.337 e. The summed E-state index contributed by atoms with van der Waals surface area (Å²) < 4.78 is 4.55. The zero-order chi connectivity index (χ0) is 11.9. The Hall–Kier alpha value is -2.29. The maximum atomic E-state index is 10.7. The molecule has 0 radical (unpaired) electrons. The largest absolute Gasteiger partial charge is 0.378 e. The van der Waals surface area contributed by atoms with E-state index in [1.165, 1.54) is 0 Å². The van der Waals surface area contributed by atoms with Gasteiger partial charge in [0.2, 0.25) is 5.52 Å². The number of nitro groups is 2. The summed E-state index contributed by atoms with van der Waals surface area (Å²) in [5, 5.41) is 27.4. The number of hydrogen-bond acceptors (Lipinski definition) is 7. The van der Waals surface area contributed by atoms with Gasteiger partial charge in [0.25, 0.3) is 0 Å². The Bertz CT molecular complexity index is 608. The lowest BCUT2D eigenvalue weighted by Gasteiger charge is -1.96. The molecule has 1 heterocycles. The van der Waals surface area contributed by atoms with Crippen molar-refractivity contribution in [1.82, 2.24) is 10.4 Å². The number of benzene rings is 1. The van der Waals surface area contributed by atoms with Crippen molar-refractivity contribution in [1.29, 1.82) is 0 Å². The Labute approximate surface area is 90.9 Å². The van der Waals surface area contributed by atoms with Gasteiger partial charge in [0, 0.05) is 11.3 Å². The Morgan fingerprint density at radius 2 is 1.88 bits per heavy atom. The molecule has 0 aliphatic carbocycles. The zero-order valence-corrected chi connectivity index (χ0v) is 8.04. The first-order chi connectivity index (χ1) is 7.52. The third kappa shape index (κ3) is 1.34. The fourth-order valence-corrected chi connectivity index (χ4v) is 1.47. The van der Waals surface area contributed by atoms with Crippen molar-refractivity contribution >= 4 is 34.1 Å². The molecule has 2 rings (SSSR count). The van der Waals surface area contributed by atoms with Gasteiger partial charge in [0.05, 0.1) is 9.85 Å². The molecule has 0 atom stereocenters. The number of hydrogen-bond donors (Lipinski definition) is 0. The van der Waals surface area contributed by atoms with E-state index in [1.54, 1.807) is 0 Å². The molecule has 0 aliphatic rings. The highest BCUT2D eigenvalue weighted by atomic mass is 35.5. The summed E-state index contributed by atoms with van der Waals surface area (Å²) in [5.74, 6) is 0. The highest BCUT2D eigenvalue weighted by Crippen LogP contribution is 2.39. The number of halogens is 1. The molecule has 0 N–H and O–H groups in total. The summed E-state index contributed by atoms with van der Waals surface area (Å²) >= 11 is 5.54. The second-order valence-electron chi connectivity index (χ2n) is 2.69. The fraction of sp³-hybridized carbons (Fsp3) is 0. The standard InChI is InChI=1S/C6HClN4O5/c7-2-1-3-4(8-9-16-3)6(11(14)15)5(2)10(12)13/h1H. The van der Waals surface area contributed by atoms with Gasteiger partial charge >= 0.3 is 11.4 Å². The van der Waals surface area contributed by atoms with Gasteiger partial charge in [-0.2, -0.15) is 0 Å². The molecular weight excluding hydrogens is 244 g/mol. The van der Waals surface area contributed by atoms with E-state index in [-0.39, 0.29) is 11.1 Å². The van der Waals surface area contributed by atoms with Crippen molar-refractivity contribution in [2.75, 3.05) is 0 Å². The number of nitrogens with zero attached hydrogens (tertiary/aromatic N) is 4. The third-order valence-electron chi connectivity index (χ3n) is 1.81. The van der Waals surface area contributed by atoms with E-state index >= 15 is 0 Å². The van der Waals surface area contributed by atoms with Gasteiger partial charge < -0.3 is 4.52 Å². The van der Waals surface area contributed by atoms with Crippen LogP contribution in [0.15, 0.2) is 10.6 Å². The maximum Gasteiger partial charge on any atom is 0.378 e. The summed E-state index contributed by atoms with van der Waals surface area (Å²) in [7, 11) is 0. The highest BCUT2D eigenvalue weighted by molar-refractivity contribution is 6.34. The molecule has 0 saturated heterocycles. The van der Waals surface area contributed by atoms with Crippen LogP contribution in [0.3, 0.4) is 0 Å². The molecule has 10 heteroatoms. The van der Waals surface area contributed by atoms with Crippen molar-refractivity contribution in [3.8, 4) is 0 Å². The molecular formula is C6HClN4O5. The van der Waals surface area contributed by atoms with Crippen molar-refractivity contribution in [3.63, 3.8) is 0 Å². The van der Waals surface area contributed by atoms with Crippen molar-refractivity contribution in [3.05, 3.63) is 31.3 Å². The van der Waals surface area contributed by atoms with E-state index in [9.17, 15) is 20.2 Å². The molecule has 0 aliphatic heterocycles. The zero-order valence-electron chi connectivity index (χ0n) is 7.29. The minimum absolute atomic E-state index is 0.0812. The second-order valence-corrected chi connectivity index (χ2v) is 3.10. The highest BCUT2D eigenvalue weighted by Gasteiger charge is 2.34. The number of rotatable bonds is 2. The minimum atomic E-state index is -0.950. The van der Waals surface area contributed by atoms with Crippen LogP contribution in [0.25, 0.3) is 11.1 Å². The van der Waals surface area contributed by atoms with Crippen LogP contribution in [0.4, 0.5) is 11.4 Å². The first kappa shape index (κ1) is 10.2. The van der Waals surface area contributed by atoms with Crippen LogP contribution in [0, 0.1) is 20.2 Å². The van der Waals surface area contributed by atoms with Crippen molar-refractivity contribution in [2.24, 2.45) is 0 Å². The molecule has 0 bridgehead atoms. The maximum absolute atomic E-state index is 10.7.